The molecule has 0 saturated carbocycles. The van der Waals surface area contributed by atoms with Gasteiger partial charge in [0.2, 0.25) is 5.91 Å². The Kier molecular flexibility index (Phi) is 5.89. The van der Waals surface area contributed by atoms with E-state index in [1.807, 2.05) is 47.4 Å². The van der Waals surface area contributed by atoms with Gasteiger partial charge in [-0.25, -0.2) is 4.39 Å². The Bertz CT molecular complexity index is 1020. The van der Waals surface area contributed by atoms with Gasteiger partial charge in [0, 0.05) is 25.1 Å². The van der Waals surface area contributed by atoms with Crippen LogP contribution >= 0.6 is 0 Å². The van der Waals surface area contributed by atoms with E-state index in [1.54, 1.807) is 24.3 Å². The van der Waals surface area contributed by atoms with Crippen molar-refractivity contribution >= 4 is 11.8 Å². The van der Waals surface area contributed by atoms with Crippen LogP contribution in [0.5, 0.6) is 0 Å². The summed E-state index contributed by atoms with van der Waals surface area (Å²) < 4.78 is 13.4. The summed E-state index contributed by atoms with van der Waals surface area (Å²) in [7, 11) is 0. The van der Waals surface area contributed by atoms with Gasteiger partial charge in [0.05, 0.1) is 6.04 Å². The van der Waals surface area contributed by atoms with Crippen LogP contribution in [0.3, 0.4) is 0 Å². The van der Waals surface area contributed by atoms with Gasteiger partial charge in [-0.2, -0.15) is 0 Å². The normalized spacial score (nSPS) is 14.6. The highest BCUT2D eigenvalue weighted by atomic mass is 19.1. The van der Waals surface area contributed by atoms with E-state index < -0.39 is 0 Å². The van der Waals surface area contributed by atoms with Crippen LogP contribution in [0, 0.1) is 5.82 Å². The first-order valence-electron chi connectivity index (χ1n) is 10.1. The van der Waals surface area contributed by atoms with Gasteiger partial charge in [-0.3, -0.25) is 9.59 Å². The molecule has 1 aliphatic heterocycles. The predicted molar refractivity (Wildman–Crippen MR) is 113 cm³/mol. The van der Waals surface area contributed by atoms with Crippen LogP contribution in [0.25, 0.3) is 0 Å². The third kappa shape index (κ3) is 4.57. The lowest BCUT2D eigenvalue weighted by Gasteiger charge is -2.20. The van der Waals surface area contributed by atoms with Crippen molar-refractivity contribution in [3.8, 4) is 0 Å². The monoisotopic (exact) mass is 402 g/mol. The van der Waals surface area contributed by atoms with Gasteiger partial charge in [0.1, 0.15) is 5.82 Å². The Balaban J connectivity index is 1.51. The van der Waals surface area contributed by atoms with E-state index in [9.17, 15) is 14.0 Å². The molecule has 1 heterocycles. The van der Waals surface area contributed by atoms with Crippen molar-refractivity contribution in [2.45, 2.75) is 25.4 Å². The highest BCUT2D eigenvalue weighted by Gasteiger charge is 2.21. The van der Waals surface area contributed by atoms with E-state index >= 15 is 0 Å². The number of carbonyl (C=O) groups is 2. The lowest BCUT2D eigenvalue weighted by atomic mass is 9.98. The molecular weight excluding hydrogens is 379 g/mol. The van der Waals surface area contributed by atoms with E-state index in [4.69, 9.17) is 0 Å². The van der Waals surface area contributed by atoms with Crippen molar-refractivity contribution < 1.29 is 14.0 Å². The number of hydrogen-bond donors (Lipinski definition) is 1. The van der Waals surface area contributed by atoms with E-state index in [-0.39, 0.29) is 23.7 Å². The summed E-state index contributed by atoms with van der Waals surface area (Å²) in [5, 5.41) is 3.06. The Morgan fingerprint density at radius 3 is 2.23 bits per heavy atom. The summed E-state index contributed by atoms with van der Waals surface area (Å²) in [5.74, 6) is -0.345. The summed E-state index contributed by atoms with van der Waals surface area (Å²) in [6.07, 6.45) is 1.52. The first kappa shape index (κ1) is 19.8. The lowest BCUT2D eigenvalue weighted by Crippen LogP contribution is -2.29. The zero-order chi connectivity index (χ0) is 20.9. The lowest BCUT2D eigenvalue weighted by molar-refractivity contribution is -0.128. The number of rotatable bonds is 6. The Morgan fingerprint density at radius 1 is 0.933 bits per heavy atom. The predicted octanol–water partition coefficient (Wildman–Crippen LogP) is 4.47. The van der Waals surface area contributed by atoms with E-state index in [0.717, 1.165) is 29.7 Å². The van der Waals surface area contributed by atoms with E-state index in [2.05, 4.69) is 5.32 Å². The van der Waals surface area contributed by atoms with Crippen LogP contribution < -0.4 is 5.32 Å². The van der Waals surface area contributed by atoms with Crippen LogP contribution in [-0.2, 0) is 11.3 Å². The summed E-state index contributed by atoms with van der Waals surface area (Å²) in [5.41, 5.74) is 3.26. The summed E-state index contributed by atoms with van der Waals surface area (Å²) in [6, 6.07) is 22.7. The van der Waals surface area contributed by atoms with Gasteiger partial charge < -0.3 is 10.2 Å². The minimum atomic E-state index is -0.388. The standard InChI is InChI=1S/C25H23FN2O2/c26-22-14-12-20(13-15-22)24(19-5-2-1-3-6-19)27-25(30)21-10-8-18(9-11-21)17-28-16-4-7-23(28)29/h1-3,5-6,8-15,24H,4,7,16-17H2,(H,27,30). The second-order valence-corrected chi connectivity index (χ2v) is 7.48. The quantitative estimate of drug-likeness (QED) is 0.662. The second kappa shape index (κ2) is 8.91. The fourth-order valence-corrected chi connectivity index (χ4v) is 3.73. The molecule has 5 heteroatoms. The zero-order valence-electron chi connectivity index (χ0n) is 16.6. The van der Waals surface area contributed by atoms with Crippen molar-refractivity contribution in [3.63, 3.8) is 0 Å². The maximum Gasteiger partial charge on any atom is 0.252 e. The molecule has 0 aromatic heterocycles. The number of nitrogens with one attached hydrogen (secondary N) is 1. The fourth-order valence-electron chi connectivity index (χ4n) is 3.73. The second-order valence-electron chi connectivity index (χ2n) is 7.48. The molecule has 1 aliphatic rings. The molecule has 4 nitrogen and oxygen atoms in total. The Hall–Kier alpha value is -3.47. The van der Waals surface area contributed by atoms with Crippen LogP contribution in [0.1, 0.15) is 45.9 Å². The van der Waals surface area contributed by atoms with Gasteiger partial charge in [0.15, 0.2) is 0 Å². The highest BCUT2D eigenvalue weighted by Crippen LogP contribution is 2.23. The first-order chi connectivity index (χ1) is 14.6. The minimum Gasteiger partial charge on any atom is -0.341 e. The number of benzene rings is 3. The molecule has 1 N–H and O–H groups in total. The van der Waals surface area contributed by atoms with Crippen molar-refractivity contribution in [2.24, 2.45) is 0 Å². The third-order valence-electron chi connectivity index (χ3n) is 5.37. The minimum absolute atomic E-state index is 0.182. The zero-order valence-corrected chi connectivity index (χ0v) is 16.6. The first-order valence-corrected chi connectivity index (χ1v) is 10.1. The molecule has 3 aromatic carbocycles. The molecule has 30 heavy (non-hydrogen) atoms. The van der Waals surface area contributed by atoms with Gasteiger partial charge in [0.25, 0.3) is 5.91 Å². The number of hydrogen-bond acceptors (Lipinski definition) is 2. The van der Waals surface area contributed by atoms with Gasteiger partial charge in [-0.15, -0.1) is 0 Å². The molecule has 1 atom stereocenters. The molecule has 3 aromatic rings. The molecule has 0 bridgehead atoms. The Labute approximate surface area is 175 Å². The number of amides is 2. The molecule has 1 fully saturated rings. The number of carbonyl (C=O) groups excluding carboxylic acids is 2. The molecule has 1 unspecified atom stereocenters. The average molecular weight is 402 g/mol. The highest BCUT2D eigenvalue weighted by molar-refractivity contribution is 5.94. The summed E-state index contributed by atoms with van der Waals surface area (Å²) in [4.78, 5) is 26.6. The van der Waals surface area contributed by atoms with Crippen LogP contribution in [0.2, 0.25) is 0 Å². The molecule has 0 aliphatic carbocycles. The van der Waals surface area contributed by atoms with Crippen molar-refractivity contribution in [1.82, 2.24) is 10.2 Å². The molecule has 4 rings (SSSR count). The van der Waals surface area contributed by atoms with Gasteiger partial charge in [-0.05, 0) is 47.4 Å². The fraction of sp³-hybridized carbons (Fsp3) is 0.200. The topological polar surface area (TPSA) is 49.4 Å². The maximum atomic E-state index is 13.4. The Morgan fingerprint density at radius 2 is 1.60 bits per heavy atom. The largest absolute Gasteiger partial charge is 0.341 e. The number of likely N-dealkylation sites (tertiary alicyclic amines) is 1. The summed E-state index contributed by atoms with van der Waals surface area (Å²) in [6.45, 7) is 1.36. The molecule has 1 saturated heterocycles. The molecular formula is C25H23FN2O2. The van der Waals surface area contributed by atoms with Crippen molar-refractivity contribution in [2.75, 3.05) is 6.54 Å². The van der Waals surface area contributed by atoms with Crippen LogP contribution in [0.15, 0.2) is 78.9 Å². The molecule has 152 valence electrons. The molecule has 2 amide bonds. The number of halogens is 1. The smallest absolute Gasteiger partial charge is 0.252 e. The van der Waals surface area contributed by atoms with Crippen molar-refractivity contribution in [1.29, 1.82) is 0 Å². The van der Waals surface area contributed by atoms with Gasteiger partial charge >= 0.3 is 0 Å². The van der Waals surface area contributed by atoms with Gasteiger partial charge in [-0.1, -0.05) is 54.6 Å². The van der Waals surface area contributed by atoms with Crippen molar-refractivity contribution in [3.05, 3.63) is 107 Å². The van der Waals surface area contributed by atoms with E-state index in [0.29, 0.717) is 18.5 Å². The molecule has 0 radical (unpaired) electrons. The van der Waals surface area contributed by atoms with Crippen LogP contribution in [-0.4, -0.2) is 23.3 Å². The average Bonchev–Trinajstić information content (AvgIpc) is 3.18. The molecule has 0 spiro atoms. The van der Waals surface area contributed by atoms with Crippen LogP contribution in [0.4, 0.5) is 4.39 Å². The summed E-state index contributed by atoms with van der Waals surface area (Å²) >= 11 is 0. The third-order valence-corrected chi connectivity index (χ3v) is 5.37. The van der Waals surface area contributed by atoms with E-state index in [1.165, 1.54) is 12.1 Å². The SMILES string of the molecule is O=C(NC(c1ccccc1)c1ccc(F)cc1)c1ccc(CN2CCCC2=O)cc1. The maximum absolute atomic E-state index is 13.4. The number of nitrogens with zero attached hydrogens (tertiary/aromatic N) is 1.